The number of nitrogens with zero attached hydrogens (tertiary/aromatic N) is 8. The van der Waals surface area contributed by atoms with Crippen LogP contribution in [0.25, 0.3) is 42.3 Å². The summed E-state index contributed by atoms with van der Waals surface area (Å²) in [5, 5.41) is 0. The number of aromatic nitrogens is 8. The molecule has 8 heterocycles. The lowest BCUT2D eigenvalue weighted by molar-refractivity contribution is 0.289. The Morgan fingerprint density at radius 2 is 0.636 bits per heavy atom. The van der Waals surface area contributed by atoms with Gasteiger partial charge in [0.25, 0.3) is 0 Å². The van der Waals surface area contributed by atoms with Crippen LogP contribution in [0.15, 0.2) is 292 Å². The molecule has 8 aromatic heterocycles. The summed E-state index contributed by atoms with van der Waals surface area (Å²) in [4.78, 5) is 48.3. The number of thiophene rings is 4. The van der Waals surface area contributed by atoms with Gasteiger partial charge in [-0.3, -0.25) is 0 Å². The van der Waals surface area contributed by atoms with Crippen molar-refractivity contribution in [2.45, 2.75) is 240 Å². The van der Waals surface area contributed by atoms with E-state index in [4.69, 9.17) is 19.9 Å². The Bertz CT molecular complexity index is 6720. The van der Waals surface area contributed by atoms with Crippen molar-refractivity contribution < 1.29 is 8.42 Å². The molecule has 0 spiro atoms. The van der Waals surface area contributed by atoms with Crippen molar-refractivity contribution in [3.63, 3.8) is 0 Å². The van der Waals surface area contributed by atoms with E-state index in [0.717, 1.165) is 169 Å². The van der Waals surface area contributed by atoms with E-state index in [-0.39, 0.29) is 5.75 Å². The highest BCUT2D eigenvalue weighted by Gasteiger charge is 2.24. The second-order valence-electron chi connectivity index (χ2n) is 40.2. The Kier molecular flexibility index (Phi) is 37.0. The maximum atomic E-state index is 11.7. The van der Waals surface area contributed by atoms with Crippen LogP contribution < -0.4 is 4.72 Å². The lowest BCUT2D eigenvalue weighted by Crippen LogP contribution is -2.20. The fourth-order valence-corrected chi connectivity index (χ4v) is 24.4. The van der Waals surface area contributed by atoms with Crippen LogP contribution >= 0.6 is 45.3 Å². The molecule has 0 radical (unpaired) electrons. The first-order chi connectivity index (χ1) is 68.1. The third kappa shape index (κ3) is 31.6. The zero-order valence-corrected chi connectivity index (χ0v) is 87.6. The molecule has 0 unspecified atom stereocenters. The quantitative estimate of drug-likeness (QED) is 0.0413. The Hall–Kier alpha value is -11.2. The summed E-state index contributed by atoms with van der Waals surface area (Å²) in [6.07, 6.45) is 39.2. The molecule has 3 saturated carbocycles. The van der Waals surface area contributed by atoms with Crippen LogP contribution in [-0.2, 0) is 112 Å². The molecule has 16 heteroatoms. The average Bonchev–Trinajstić information content (AvgIpc) is 1.70. The van der Waals surface area contributed by atoms with Crippen LogP contribution in [-0.4, -0.2) is 55.3 Å². The van der Waals surface area contributed by atoms with Crippen LogP contribution in [0.5, 0.6) is 0 Å². The van der Waals surface area contributed by atoms with Gasteiger partial charge in [-0.05, 0) is 329 Å². The number of hydrogen-bond acceptors (Lipinski definition) is 14. The molecule has 0 amide bonds. The van der Waals surface area contributed by atoms with E-state index >= 15 is 0 Å². The maximum absolute atomic E-state index is 11.7. The maximum Gasteiger partial charge on any atom is 0.215 e. The predicted octanol–water partition coefficient (Wildman–Crippen LogP) is 30.5. The molecule has 19 rings (SSSR count). The van der Waals surface area contributed by atoms with Crippen LogP contribution in [0.4, 0.5) is 0 Å². The summed E-state index contributed by atoms with van der Waals surface area (Å²) in [6, 6.07) is 96.0. The van der Waals surface area contributed by atoms with Crippen molar-refractivity contribution in [1.82, 2.24) is 44.6 Å². The van der Waals surface area contributed by atoms with Gasteiger partial charge in [-0.15, -0.1) is 45.3 Å². The lowest BCUT2D eigenvalue weighted by Gasteiger charge is -2.26. The van der Waals surface area contributed by atoms with Gasteiger partial charge in [0, 0.05) is 70.0 Å². The van der Waals surface area contributed by atoms with E-state index in [1.807, 2.05) is 107 Å². The van der Waals surface area contributed by atoms with Gasteiger partial charge in [0.2, 0.25) is 10.0 Å². The fraction of sp³-hybridized carbons (Fsp3) is 0.355. The summed E-state index contributed by atoms with van der Waals surface area (Å²) >= 11 is 7.33. The van der Waals surface area contributed by atoms with Gasteiger partial charge in [-0.25, -0.2) is 53.0 Å². The van der Waals surface area contributed by atoms with Crippen LogP contribution in [0, 0.1) is 56.3 Å². The third-order valence-corrected chi connectivity index (χ3v) is 34.3. The molecule has 8 aromatic carbocycles. The molecular weight excluding hydrogens is 1810 g/mol. The molecule has 1 N–H and O–H groups in total. The minimum Gasteiger partial charge on any atom is -0.241 e. The third-order valence-electron chi connectivity index (χ3n) is 28.3. The van der Waals surface area contributed by atoms with Crippen molar-refractivity contribution in [3.05, 3.63) is 424 Å². The largest absolute Gasteiger partial charge is 0.241 e. The van der Waals surface area contributed by atoms with Crippen molar-refractivity contribution in [2.24, 2.45) is 35.5 Å². The van der Waals surface area contributed by atoms with E-state index in [9.17, 15) is 8.42 Å². The smallest absolute Gasteiger partial charge is 0.215 e. The second kappa shape index (κ2) is 51.0. The Morgan fingerprint density at radius 1 is 0.307 bits per heavy atom. The second-order valence-corrected chi connectivity index (χ2v) is 46.8. The minimum absolute atomic E-state index is 0.00213. The molecule has 140 heavy (non-hydrogen) atoms. The van der Waals surface area contributed by atoms with Crippen molar-refractivity contribution >= 4 is 55.4 Å². The highest BCUT2D eigenvalue weighted by atomic mass is 32.2. The van der Waals surface area contributed by atoms with Gasteiger partial charge in [0.15, 0.2) is 0 Å². The monoisotopic (exact) mass is 1950 g/mol. The standard InChI is InChI=1S/3C32H36N2S.C28H31N3O2S2/c1-23-9-11-26(12-10-23)20-27-7-4-8-28(21-27)22-32-33-18-17-30(34-32)31-16-15-29(35-31)14-13-25-6-3-5-24(2)19-25;1-23-10-12-25(13-11-23)20-26-7-5-8-27(21-26)22-32-33-19-18-30(34-32)31-17-16-29(35-31)15-14-28-9-4-3-6-24(28)2;1-23-6-10-25(11-7-23)14-15-29-16-17-31(35-29)30-18-19-33-32(34-30)22-28-5-3-4-27(21-28)20-26-12-8-24(2)9-13-26;1-20(2)24-6-4-5-23(17-24)18-28-30-16-15-26(31-28)27-14-13-25(34-27)12-11-21-7-9-22(10-8-21)19-35(32,33)29-3/h3-8,15-19,21,23,26H,9-14,20,22H2,1-2H3;3-9,16-19,21,23,25H,10-15,20,22H2,1-2H3;3-7,10-11,16-19,21,24,26H,8-9,12-15,20,22H2,1-2H3;4-10,13-17,20,29H,11-12,18-19H2,1-3H3. The number of benzene rings is 8. The van der Waals surface area contributed by atoms with Gasteiger partial charge in [-0.2, -0.15) is 0 Å². The van der Waals surface area contributed by atoms with Gasteiger partial charge in [-0.1, -0.05) is 278 Å². The molecule has 0 saturated heterocycles. The number of hydrogen-bond donors (Lipinski definition) is 1. The van der Waals surface area contributed by atoms with Crippen molar-refractivity contribution in [2.75, 3.05) is 7.05 Å². The number of aryl methyl sites for hydroxylation is 11. The molecule has 3 aliphatic rings. The topological polar surface area (TPSA) is 149 Å². The fourth-order valence-electron chi connectivity index (χ4n) is 19.7. The first kappa shape index (κ1) is 102. The minimum atomic E-state index is -3.25. The number of sulfonamides is 1. The van der Waals surface area contributed by atoms with E-state index < -0.39 is 10.0 Å². The van der Waals surface area contributed by atoms with Gasteiger partial charge < -0.3 is 0 Å². The SMILES string of the molecule is CNS(=O)(=O)Cc1ccc(CCc2ccc(-c3ccnc(Cc4cccc(C(C)C)c4)n3)s2)cc1.Cc1ccc(CCc2ccc(-c3ccnc(Cc4cccc(CC5CCC(C)CC5)c4)n3)s2)cc1.Cc1cccc(CCc2ccc(-c3ccnc(Cc4cccc(CC5CCC(C)CC5)c4)n3)s2)c1.Cc1ccccc1CCc1ccc(-c2ccnc(Cc3cccc(CC4CCC(C)CC4)c3)n2)s1. The molecular formula is C124H139N9O2S5. The molecule has 0 atom stereocenters. The Labute approximate surface area is 850 Å². The van der Waals surface area contributed by atoms with E-state index in [0.29, 0.717) is 5.92 Å². The van der Waals surface area contributed by atoms with Gasteiger partial charge >= 0.3 is 0 Å². The molecule has 722 valence electrons. The molecule has 3 fully saturated rings. The first-order valence-corrected chi connectivity index (χ1v) is 56.2. The average molecular weight is 1950 g/mol. The summed E-state index contributed by atoms with van der Waals surface area (Å²) < 4.78 is 25.8. The summed E-state index contributed by atoms with van der Waals surface area (Å²) in [5.74, 6) is 9.32. The zero-order chi connectivity index (χ0) is 96.9. The van der Waals surface area contributed by atoms with E-state index in [1.54, 1.807) is 11.3 Å². The highest BCUT2D eigenvalue weighted by Crippen LogP contribution is 2.38. The first-order valence-electron chi connectivity index (χ1n) is 51.3. The lowest BCUT2D eigenvalue weighted by atomic mass is 9.80. The summed E-state index contributed by atoms with van der Waals surface area (Å²) in [6.45, 7) is 18.1. The molecule has 11 nitrogen and oxygen atoms in total. The Balaban J connectivity index is 0.000000135. The number of rotatable bonds is 34. The zero-order valence-electron chi connectivity index (χ0n) is 83.5. The molecule has 3 aliphatic carbocycles. The van der Waals surface area contributed by atoms with Crippen LogP contribution in [0.3, 0.4) is 0 Å². The van der Waals surface area contributed by atoms with E-state index in [1.165, 1.54) is 221 Å². The van der Waals surface area contributed by atoms with E-state index in [2.05, 4.69) is 298 Å². The Morgan fingerprint density at radius 3 is 1.01 bits per heavy atom. The summed E-state index contributed by atoms with van der Waals surface area (Å²) in [5.41, 5.74) is 25.2. The molecule has 16 aromatic rings. The predicted molar refractivity (Wildman–Crippen MR) is 588 cm³/mol. The molecule has 0 aliphatic heterocycles. The van der Waals surface area contributed by atoms with Gasteiger partial charge in [0.05, 0.1) is 48.0 Å². The summed E-state index contributed by atoms with van der Waals surface area (Å²) in [7, 11) is -1.81. The number of nitrogens with one attached hydrogen (secondary N) is 1. The highest BCUT2D eigenvalue weighted by molar-refractivity contribution is 7.88. The van der Waals surface area contributed by atoms with Crippen molar-refractivity contribution in [1.29, 1.82) is 0 Å². The normalized spacial score (nSPS) is 16.4. The van der Waals surface area contributed by atoms with Crippen molar-refractivity contribution in [3.8, 4) is 42.3 Å². The van der Waals surface area contributed by atoms with Crippen LogP contribution in [0.2, 0.25) is 0 Å². The van der Waals surface area contributed by atoms with Gasteiger partial charge in [0.1, 0.15) is 23.3 Å². The van der Waals surface area contributed by atoms with Crippen LogP contribution in [0.1, 0.15) is 249 Å². The molecule has 0 bridgehead atoms.